The summed E-state index contributed by atoms with van der Waals surface area (Å²) in [5.41, 5.74) is 0.423. The van der Waals surface area contributed by atoms with Crippen LogP contribution >= 0.6 is 12.6 Å². The highest BCUT2D eigenvalue weighted by atomic mass is 32.1. The fourth-order valence-corrected chi connectivity index (χ4v) is 2.94. The van der Waals surface area contributed by atoms with Crippen LogP contribution < -0.4 is 5.32 Å². The van der Waals surface area contributed by atoms with E-state index in [0.29, 0.717) is 23.2 Å². The van der Waals surface area contributed by atoms with Gasteiger partial charge < -0.3 is 14.6 Å². The molecule has 0 aliphatic rings. The zero-order valence-corrected chi connectivity index (χ0v) is 18.0. The van der Waals surface area contributed by atoms with Crippen molar-refractivity contribution in [3.8, 4) is 11.8 Å². The summed E-state index contributed by atoms with van der Waals surface area (Å²) in [5, 5.41) is 20.9. The number of aromatic hydroxyl groups is 1. The van der Waals surface area contributed by atoms with Gasteiger partial charge in [0.05, 0.1) is 24.0 Å². The molecule has 2 rings (SSSR count). The predicted octanol–water partition coefficient (Wildman–Crippen LogP) is 4.58. The molecule has 0 aromatic heterocycles. The van der Waals surface area contributed by atoms with Gasteiger partial charge in [-0.05, 0) is 48.4 Å². The van der Waals surface area contributed by atoms with E-state index in [1.165, 1.54) is 12.1 Å². The molecule has 0 fully saturated rings. The highest BCUT2D eigenvalue weighted by Gasteiger charge is 2.35. The van der Waals surface area contributed by atoms with Gasteiger partial charge in [0, 0.05) is 11.1 Å². The van der Waals surface area contributed by atoms with Crippen LogP contribution in [-0.2, 0) is 14.3 Å². The van der Waals surface area contributed by atoms with Gasteiger partial charge in [0.25, 0.3) is 0 Å². The van der Waals surface area contributed by atoms with Gasteiger partial charge in [0.2, 0.25) is 0 Å². The van der Waals surface area contributed by atoms with E-state index in [1.54, 1.807) is 38.1 Å². The largest absolute Gasteiger partial charge is 0.505 e. The van der Waals surface area contributed by atoms with Crippen molar-refractivity contribution in [3.63, 3.8) is 0 Å². The topological polar surface area (TPSA) is 109 Å². The van der Waals surface area contributed by atoms with Crippen LogP contribution in [0.25, 0.3) is 0 Å². The van der Waals surface area contributed by atoms with Crippen LogP contribution in [0, 0.1) is 22.6 Å². The van der Waals surface area contributed by atoms with Gasteiger partial charge in [0.1, 0.15) is 6.10 Å². The lowest BCUT2D eigenvalue weighted by Crippen LogP contribution is -2.30. The molecule has 0 radical (unpaired) electrons. The monoisotopic (exact) mass is 446 g/mol. The molecule has 1 atom stereocenters. The molecule has 0 spiro atoms. The number of hydrogen-bond acceptors (Lipinski definition) is 7. The summed E-state index contributed by atoms with van der Waals surface area (Å²) in [6, 6.07) is 11.9. The summed E-state index contributed by atoms with van der Waals surface area (Å²) in [5.74, 6) is -1.91. The Hall–Kier alpha value is -3.25. The number of nitriles is 1. The number of esters is 1. The number of hydrogen-bond donors (Lipinski definition) is 3. The summed E-state index contributed by atoms with van der Waals surface area (Å²) in [6.45, 7) is 3.63. The Morgan fingerprint density at radius 1 is 1.26 bits per heavy atom. The van der Waals surface area contributed by atoms with Crippen LogP contribution in [0.3, 0.4) is 0 Å². The van der Waals surface area contributed by atoms with Crippen molar-refractivity contribution < 1.29 is 28.6 Å². The second-order valence-corrected chi connectivity index (χ2v) is 7.74. The van der Waals surface area contributed by atoms with Crippen LogP contribution in [0.15, 0.2) is 42.5 Å². The lowest BCUT2D eigenvalue weighted by molar-refractivity contribution is -0.141. The Bertz CT molecular complexity index is 973. The van der Waals surface area contributed by atoms with E-state index in [-0.39, 0.29) is 12.4 Å². The van der Waals surface area contributed by atoms with Crippen LogP contribution in [0.5, 0.6) is 5.75 Å². The molecule has 0 aliphatic carbocycles. The second kappa shape index (κ2) is 10.7. The van der Waals surface area contributed by atoms with E-state index in [9.17, 15) is 19.1 Å². The number of phenolic OH excluding ortho intramolecular Hbond substituents is 1. The average Bonchev–Trinajstić information content (AvgIpc) is 2.74. The molecule has 2 N–H and O–H groups in total. The maximum absolute atomic E-state index is 14.0. The highest BCUT2D eigenvalue weighted by molar-refractivity contribution is 7.81. The Morgan fingerprint density at radius 3 is 2.52 bits per heavy atom. The Morgan fingerprint density at radius 2 is 1.94 bits per heavy atom. The van der Waals surface area contributed by atoms with Crippen molar-refractivity contribution in [3.05, 3.63) is 59.4 Å². The third-order valence-corrected chi connectivity index (χ3v) is 4.87. The molecule has 0 saturated heterocycles. The lowest BCUT2D eigenvalue weighted by Gasteiger charge is -2.34. The summed E-state index contributed by atoms with van der Waals surface area (Å²) in [6.07, 6.45) is -1.40. The number of anilines is 1. The third kappa shape index (κ3) is 6.89. The van der Waals surface area contributed by atoms with E-state index in [1.807, 2.05) is 6.07 Å². The van der Waals surface area contributed by atoms with Crippen LogP contribution in [-0.4, -0.2) is 29.5 Å². The van der Waals surface area contributed by atoms with Crippen LogP contribution in [0.2, 0.25) is 0 Å². The summed E-state index contributed by atoms with van der Waals surface area (Å²) >= 11 is 3.85. The maximum atomic E-state index is 14.0. The van der Waals surface area contributed by atoms with Crippen molar-refractivity contribution in [1.29, 1.82) is 5.26 Å². The molecular formula is C22H23FN2O5S. The van der Waals surface area contributed by atoms with Crippen LogP contribution in [0.4, 0.5) is 14.9 Å². The van der Waals surface area contributed by atoms with Gasteiger partial charge in [-0.3, -0.25) is 10.1 Å². The summed E-state index contributed by atoms with van der Waals surface area (Å²) in [4.78, 5) is 23.9. The highest BCUT2D eigenvalue weighted by Crippen LogP contribution is 2.40. The first-order chi connectivity index (χ1) is 14.7. The normalized spacial score (nSPS) is 11.8. The Kier molecular flexibility index (Phi) is 8.28. The fourth-order valence-electron chi connectivity index (χ4n) is 2.85. The number of halogens is 1. The molecule has 2 aromatic carbocycles. The number of benzene rings is 2. The number of thiol groups is 1. The number of ether oxygens (including phenoxy) is 2. The first-order valence-corrected chi connectivity index (χ1v) is 10.0. The number of carbonyl (C=O) groups is 2. The van der Waals surface area contributed by atoms with Crippen molar-refractivity contribution in [2.24, 2.45) is 5.41 Å². The van der Waals surface area contributed by atoms with Gasteiger partial charge in [-0.2, -0.15) is 17.9 Å². The molecular weight excluding hydrogens is 423 g/mol. The number of phenols is 1. The molecule has 2 aromatic rings. The molecule has 164 valence electrons. The summed E-state index contributed by atoms with van der Waals surface area (Å²) in [7, 11) is 0. The quantitative estimate of drug-likeness (QED) is 0.405. The Labute approximate surface area is 185 Å². The molecule has 0 saturated carbocycles. The molecule has 1 amide bonds. The minimum Gasteiger partial charge on any atom is -0.505 e. The van der Waals surface area contributed by atoms with Crippen molar-refractivity contribution >= 4 is 30.4 Å². The van der Waals surface area contributed by atoms with Crippen molar-refractivity contribution in [2.45, 2.75) is 26.4 Å². The van der Waals surface area contributed by atoms with Gasteiger partial charge in [-0.15, -0.1) is 0 Å². The minimum absolute atomic E-state index is 0.0590. The number of rotatable bonds is 8. The lowest BCUT2D eigenvalue weighted by atomic mass is 9.80. The fraction of sp³-hybridized carbons (Fsp3) is 0.318. The van der Waals surface area contributed by atoms with Gasteiger partial charge in [-0.25, -0.2) is 9.18 Å². The number of nitrogens with zero attached hydrogens (tertiary/aromatic N) is 1. The standard InChI is InChI=1S/C22H23FN2O5S/c1-22(2,9-10-29-19(27)13-31)20(15-5-8-18(26)17(23)11-15)30-21(28)25-16-6-3-14(12-24)4-7-16/h3-8,11,20,26,31H,9-10,13H2,1-2H3,(H,25,28)/t20-/m1/s1. The Balaban J connectivity index is 2.21. The van der Waals surface area contributed by atoms with E-state index in [0.717, 1.165) is 6.07 Å². The van der Waals surface area contributed by atoms with E-state index in [2.05, 4.69) is 17.9 Å². The maximum Gasteiger partial charge on any atom is 0.412 e. The number of nitrogens with one attached hydrogen (secondary N) is 1. The summed E-state index contributed by atoms with van der Waals surface area (Å²) < 4.78 is 24.7. The number of carbonyl (C=O) groups excluding carboxylic acids is 2. The first kappa shape index (κ1) is 24.0. The molecule has 9 heteroatoms. The molecule has 0 bridgehead atoms. The molecule has 0 heterocycles. The first-order valence-electron chi connectivity index (χ1n) is 9.39. The number of amides is 1. The van der Waals surface area contributed by atoms with E-state index in [4.69, 9.17) is 14.7 Å². The average molecular weight is 447 g/mol. The zero-order valence-electron chi connectivity index (χ0n) is 17.1. The van der Waals surface area contributed by atoms with Crippen molar-refractivity contribution in [2.75, 3.05) is 17.7 Å². The molecule has 31 heavy (non-hydrogen) atoms. The second-order valence-electron chi connectivity index (χ2n) is 7.43. The van der Waals surface area contributed by atoms with Crippen molar-refractivity contribution in [1.82, 2.24) is 0 Å². The van der Waals surface area contributed by atoms with E-state index < -0.39 is 35.1 Å². The molecule has 0 unspecified atom stereocenters. The van der Waals surface area contributed by atoms with Gasteiger partial charge in [-0.1, -0.05) is 19.9 Å². The SMILES string of the molecule is CC(C)(CCOC(=O)CS)[C@H](OC(=O)Nc1ccc(C#N)cc1)c1ccc(O)c(F)c1. The molecule has 0 aliphatic heterocycles. The minimum atomic E-state index is -0.921. The van der Waals surface area contributed by atoms with Gasteiger partial charge in [0.15, 0.2) is 11.6 Å². The molecule has 7 nitrogen and oxygen atoms in total. The van der Waals surface area contributed by atoms with E-state index >= 15 is 0 Å². The predicted molar refractivity (Wildman–Crippen MR) is 115 cm³/mol. The third-order valence-electron chi connectivity index (χ3n) is 4.61. The zero-order chi connectivity index (χ0) is 23.0. The smallest absolute Gasteiger partial charge is 0.412 e. The van der Waals surface area contributed by atoms with Gasteiger partial charge >= 0.3 is 12.1 Å². The van der Waals surface area contributed by atoms with Crippen LogP contribution in [0.1, 0.15) is 37.5 Å².